The summed E-state index contributed by atoms with van der Waals surface area (Å²) < 4.78 is 26.4. The molecule has 1 heterocycles. The van der Waals surface area contributed by atoms with Gasteiger partial charge >= 0.3 is 0 Å². The standard InChI is InChI=1S/C19H20N2O4S/c1-2-14-8-10-15(11-9-14)20-19(23)17-12-13-18(22)21(17)26(24,25)16-6-4-3-5-7-16/h3-11,17H,2,12-13H2,1H3,(H,20,23). The number of benzene rings is 2. The van der Waals surface area contributed by atoms with Crippen molar-refractivity contribution in [1.29, 1.82) is 0 Å². The molecule has 3 rings (SSSR count). The van der Waals surface area contributed by atoms with Gasteiger partial charge < -0.3 is 5.32 Å². The van der Waals surface area contributed by atoms with E-state index in [4.69, 9.17) is 0 Å². The Kier molecular flexibility index (Phi) is 5.08. The summed E-state index contributed by atoms with van der Waals surface area (Å²) in [5, 5.41) is 2.71. The van der Waals surface area contributed by atoms with Gasteiger partial charge in [0, 0.05) is 12.1 Å². The second kappa shape index (κ2) is 7.29. The maximum Gasteiger partial charge on any atom is 0.267 e. The van der Waals surface area contributed by atoms with Gasteiger partial charge in [0.25, 0.3) is 10.0 Å². The average Bonchev–Trinajstić information content (AvgIpc) is 3.05. The number of hydrogen-bond donors (Lipinski definition) is 1. The number of carbonyl (C=O) groups is 2. The number of sulfonamides is 1. The van der Waals surface area contributed by atoms with E-state index in [1.54, 1.807) is 30.3 Å². The van der Waals surface area contributed by atoms with E-state index in [1.807, 2.05) is 19.1 Å². The van der Waals surface area contributed by atoms with Gasteiger partial charge in [0.05, 0.1) is 4.90 Å². The largest absolute Gasteiger partial charge is 0.324 e. The van der Waals surface area contributed by atoms with Gasteiger partial charge in [-0.05, 0) is 42.7 Å². The molecule has 7 heteroatoms. The molecule has 1 aliphatic heterocycles. The lowest BCUT2D eigenvalue weighted by atomic mass is 10.1. The first-order chi connectivity index (χ1) is 12.4. The normalized spacial score (nSPS) is 17.3. The van der Waals surface area contributed by atoms with E-state index in [0.29, 0.717) is 5.69 Å². The van der Waals surface area contributed by atoms with Gasteiger partial charge in [0.15, 0.2) is 0 Å². The van der Waals surface area contributed by atoms with Gasteiger partial charge in [-0.3, -0.25) is 9.59 Å². The van der Waals surface area contributed by atoms with Crippen molar-refractivity contribution in [2.75, 3.05) is 5.32 Å². The zero-order chi connectivity index (χ0) is 18.7. The third-order valence-electron chi connectivity index (χ3n) is 4.39. The number of hydrogen-bond acceptors (Lipinski definition) is 4. The summed E-state index contributed by atoms with van der Waals surface area (Å²) in [6.07, 6.45) is 1.08. The van der Waals surface area contributed by atoms with Crippen molar-refractivity contribution in [2.45, 2.75) is 37.1 Å². The molecular weight excluding hydrogens is 352 g/mol. The highest BCUT2D eigenvalue weighted by Crippen LogP contribution is 2.28. The maximum atomic E-state index is 12.8. The summed E-state index contributed by atoms with van der Waals surface area (Å²) in [5.74, 6) is -1.06. The second-order valence-corrected chi connectivity index (χ2v) is 7.92. The minimum atomic E-state index is -4.06. The first kappa shape index (κ1) is 18.1. The lowest BCUT2D eigenvalue weighted by Gasteiger charge is -2.23. The second-order valence-electron chi connectivity index (χ2n) is 6.10. The van der Waals surface area contributed by atoms with Crippen LogP contribution in [0.2, 0.25) is 0 Å². The number of nitrogens with one attached hydrogen (secondary N) is 1. The summed E-state index contributed by atoms with van der Waals surface area (Å²) in [4.78, 5) is 24.8. The van der Waals surface area contributed by atoms with Crippen molar-refractivity contribution in [2.24, 2.45) is 0 Å². The molecule has 26 heavy (non-hydrogen) atoms. The number of nitrogens with zero attached hydrogens (tertiary/aromatic N) is 1. The third-order valence-corrected chi connectivity index (χ3v) is 6.24. The van der Waals surface area contributed by atoms with Crippen molar-refractivity contribution in [3.05, 3.63) is 60.2 Å². The molecule has 1 aliphatic rings. The van der Waals surface area contributed by atoms with E-state index in [9.17, 15) is 18.0 Å². The van der Waals surface area contributed by atoms with E-state index in [-0.39, 0.29) is 17.7 Å². The van der Waals surface area contributed by atoms with Crippen molar-refractivity contribution >= 4 is 27.5 Å². The molecule has 136 valence electrons. The molecule has 1 unspecified atom stereocenters. The molecule has 1 fully saturated rings. The lowest BCUT2D eigenvalue weighted by Crippen LogP contribution is -2.45. The van der Waals surface area contributed by atoms with Crippen LogP contribution in [0.4, 0.5) is 5.69 Å². The predicted molar refractivity (Wildman–Crippen MR) is 97.9 cm³/mol. The van der Waals surface area contributed by atoms with Crippen LogP contribution in [0.3, 0.4) is 0 Å². The fraction of sp³-hybridized carbons (Fsp3) is 0.263. The van der Waals surface area contributed by atoms with Crippen LogP contribution >= 0.6 is 0 Å². The Bertz CT molecular complexity index is 908. The van der Waals surface area contributed by atoms with E-state index in [1.165, 1.54) is 12.1 Å². The SMILES string of the molecule is CCc1ccc(NC(=O)C2CCC(=O)N2S(=O)(=O)c2ccccc2)cc1. The first-order valence-electron chi connectivity index (χ1n) is 8.45. The Hall–Kier alpha value is -2.67. The number of aryl methyl sites for hydroxylation is 1. The number of carbonyl (C=O) groups excluding carboxylic acids is 2. The van der Waals surface area contributed by atoms with Crippen LogP contribution in [0.25, 0.3) is 0 Å². The lowest BCUT2D eigenvalue weighted by molar-refractivity contribution is -0.128. The van der Waals surface area contributed by atoms with E-state index in [2.05, 4.69) is 5.32 Å². The van der Waals surface area contributed by atoms with Gasteiger partial charge in [-0.1, -0.05) is 37.3 Å². The minimum absolute atomic E-state index is 0.000323. The molecule has 0 bridgehead atoms. The van der Waals surface area contributed by atoms with Crippen LogP contribution in [-0.4, -0.2) is 30.6 Å². The average molecular weight is 372 g/mol. The molecule has 1 saturated heterocycles. The molecule has 2 aromatic carbocycles. The van der Waals surface area contributed by atoms with E-state index in [0.717, 1.165) is 16.3 Å². The Morgan fingerprint density at radius 3 is 2.38 bits per heavy atom. The van der Waals surface area contributed by atoms with Crippen LogP contribution in [-0.2, 0) is 26.0 Å². The van der Waals surface area contributed by atoms with Crippen molar-refractivity contribution < 1.29 is 18.0 Å². The molecule has 0 radical (unpaired) electrons. The molecule has 1 N–H and O–H groups in total. The van der Waals surface area contributed by atoms with Gasteiger partial charge in [-0.25, -0.2) is 12.7 Å². The topological polar surface area (TPSA) is 83.6 Å². The van der Waals surface area contributed by atoms with Gasteiger partial charge in [0.2, 0.25) is 11.8 Å². The fourth-order valence-electron chi connectivity index (χ4n) is 2.96. The smallest absolute Gasteiger partial charge is 0.267 e. The zero-order valence-corrected chi connectivity index (χ0v) is 15.2. The highest BCUT2D eigenvalue weighted by Gasteiger charge is 2.44. The van der Waals surface area contributed by atoms with Gasteiger partial charge in [0.1, 0.15) is 6.04 Å². The summed E-state index contributed by atoms with van der Waals surface area (Å²) in [5.41, 5.74) is 1.70. The van der Waals surface area contributed by atoms with Crippen LogP contribution in [0.5, 0.6) is 0 Å². The number of rotatable bonds is 5. The molecule has 0 aliphatic carbocycles. The Labute approximate surface area is 152 Å². The molecule has 6 nitrogen and oxygen atoms in total. The summed E-state index contributed by atoms with van der Waals surface area (Å²) in [6, 6.07) is 14.0. The fourth-order valence-corrected chi connectivity index (χ4v) is 4.58. The molecular formula is C19H20N2O4S. The molecule has 0 saturated carbocycles. The Morgan fingerprint density at radius 1 is 1.12 bits per heavy atom. The third kappa shape index (κ3) is 3.48. The first-order valence-corrected chi connectivity index (χ1v) is 9.89. The molecule has 0 aromatic heterocycles. The monoisotopic (exact) mass is 372 g/mol. The molecule has 2 aromatic rings. The summed E-state index contributed by atoms with van der Waals surface area (Å²) in [6.45, 7) is 2.03. The maximum absolute atomic E-state index is 12.8. The molecule has 1 atom stereocenters. The van der Waals surface area contributed by atoms with E-state index < -0.39 is 27.9 Å². The van der Waals surface area contributed by atoms with Crippen LogP contribution in [0, 0.1) is 0 Å². The summed E-state index contributed by atoms with van der Waals surface area (Å²) in [7, 11) is -4.06. The quantitative estimate of drug-likeness (QED) is 0.874. The highest BCUT2D eigenvalue weighted by molar-refractivity contribution is 7.89. The predicted octanol–water partition coefficient (Wildman–Crippen LogP) is 2.57. The summed E-state index contributed by atoms with van der Waals surface area (Å²) >= 11 is 0. The minimum Gasteiger partial charge on any atom is -0.324 e. The number of amides is 2. The molecule has 0 spiro atoms. The Balaban J connectivity index is 1.84. The van der Waals surface area contributed by atoms with Gasteiger partial charge in [-0.15, -0.1) is 0 Å². The van der Waals surface area contributed by atoms with Crippen molar-refractivity contribution in [3.8, 4) is 0 Å². The van der Waals surface area contributed by atoms with Crippen molar-refractivity contribution in [3.63, 3.8) is 0 Å². The van der Waals surface area contributed by atoms with Crippen molar-refractivity contribution in [1.82, 2.24) is 4.31 Å². The van der Waals surface area contributed by atoms with Crippen LogP contribution < -0.4 is 5.32 Å². The zero-order valence-electron chi connectivity index (χ0n) is 14.4. The number of anilines is 1. The highest BCUT2D eigenvalue weighted by atomic mass is 32.2. The van der Waals surface area contributed by atoms with Crippen LogP contribution in [0.15, 0.2) is 59.5 Å². The molecule has 2 amide bonds. The van der Waals surface area contributed by atoms with E-state index >= 15 is 0 Å². The Morgan fingerprint density at radius 2 is 1.77 bits per heavy atom. The van der Waals surface area contributed by atoms with Gasteiger partial charge in [-0.2, -0.15) is 0 Å². The van der Waals surface area contributed by atoms with Crippen LogP contribution in [0.1, 0.15) is 25.3 Å².